The summed E-state index contributed by atoms with van der Waals surface area (Å²) in [5.41, 5.74) is 0.793. The number of nitrogens with one attached hydrogen (secondary N) is 1. The second-order valence-corrected chi connectivity index (χ2v) is 5.40. The van der Waals surface area contributed by atoms with Crippen LogP contribution in [0.15, 0.2) is 21.5 Å². The second-order valence-electron chi connectivity index (χ2n) is 2.78. The highest BCUT2D eigenvalue weighted by Crippen LogP contribution is 2.34. The Hall–Kier alpha value is -0.160. The van der Waals surface area contributed by atoms with Gasteiger partial charge in [-0.2, -0.15) is 0 Å². The van der Waals surface area contributed by atoms with Gasteiger partial charge in [0.1, 0.15) is 5.38 Å². The number of rotatable bonds is 2. The first-order valence-corrected chi connectivity index (χ1v) is 6.64. The molecular weight excluding hydrogens is 271 g/mol. The fourth-order valence-corrected chi connectivity index (χ4v) is 3.23. The zero-order chi connectivity index (χ0) is 10.8. The van der Waals surface area contributed by atoms with E-state index < -0.39 is 0 Å². The molecule has 2 nitrogen and oxygen atoms in total. The number of hydrogen-bond donors (Lipinski definition) is 1. The first-order valence-electron chi connectivity index (χ1n) is 4.13. The smallest absolute Gasteiger partial charge is 0.103 e. The number of alkyl halides is 1. The average molecular weight is 278 g/mol. The van der Waals surface area contributed by atoms with E-state index in [4.69, 9.17) is 23.2 Å². The van der Waals surface area contributed by atoms with Crippen molar-refractivity contribution >= 4 is 57.0 Å². The molecule has 2 heterocycles. The van der Waals surface area contributed by atoms with Gasteiger partial charge in [0.25, 0.3) is 0 Å². The van der Waals surface area contributed by atoms with E-state index in [-0.39, 0.29) is 5.38 Å². The largest absolute Gasteiger partial charge is 0.348 e. The van der Waals surface area contributed by atoms with E-state index in [1.807, 2.05) is 11.5 Å². The van der Waals surface area contributed by atoms with Crippen LogP contribution in [-0.2, 0) is 0 Å². The first-order chi connectivity index (χ1) is 7.20. The average Bonchev–Trinajstić information content (AvgIpc) is 2.75. The van der Waals surface area contributed by atoms with Gasteiger partial charge in [-0.3, -0.25) is 4.99 Å². The summed E-state index contributed by atoms with van der Waals surface area (Å²) in [5.74, 6) is 0. The molecule has 0 bridgehead atoms. The lowest BCUT2D eigenvalue weighted by molar-refractivity contribution is 1.39. The molecule has 1 aromatic rings. The van der Waals surface area contributed by atoms with Gasteiger partial charge in [-0.1, -0.05) is 23.4 Å². The van der Waals surface area contributed by atoms with E-state index in [2.05, 4.69) is 15.7 Å². The third-order valence-electron chi connectivity index (χ3n) is 1.78. The number of thiophene rings is 1. The molecule has 1 unspecified atom stereocenters. The van der Waals surface area contributed by atoms with Crippen LogP contribution in [0.5, 0.6) is 0 Å². The van der Waals surface area contributed by atoms with Crippen molar-refractivity contribution in [3.05, 3.63) is 26.9 Å². The summed E-state index contributed by atoms with van der Waals surface area (Å²) in [6.07, 6.45) is 1.91. The number of nitrogens with zero attached hydrogens (tertiary/aromatic N) is 1. The van der Waals surface area contributed by atoms with Gasteiger partial charge in [-0.05, 0) is 6.08 Å². The van der Waals surface area contributed by atoms with E-state index in [9.17, 15) is 0 Å². The maximum atomic E-state index is 6.04. The molecule has 6 heteroatoms. The summed E-state index contributed by atoms with van der Waals surface area (Å²) in [6.45, 7) is 0. The number of allylic oxidation sites excluding steroid dienone is 1. The third-order valence-corrected chi connectivity index (χ3v) is 4.45. The number of hydrogen-bond acceptors (Lipinski definition) is 4. The molecule has 0 amide bonds. The lowest BCUT2D eigenvalue weighted by Crippen LogP contribution is -2.00. The van der Waals surface area contributed by atoms with E-state index in [0.717, 1.165) is 15.8 Å². The molecule has 1 aliphatic rings. The van der Waals surface area contributed by atoms with Crippen LogP contribution in [0.4, 0.5) is 5.69 Å². The molecule has 2 rings (SSSR count). The van der Waals surface area contributed by atoms with Crippen molar-refractivity contribution < 1.29 is 0 Å². The highest BCUT2D eigenvalue weighted by Gasteiger charge is 2.21. The van der Waals surface area contributed by atoms with Gasteiger partial charge in [0.2, 0.25) is 0 Å². The van der Waals surface area contributed by atoms with Crippen molar-refractivity contribution in [3.63, 3.8) is 0 Å². The van der Waals surface area contributed by atoms with E-state index in [1.165, 1.54) is 23.1 Å². The Morgan fingerprint density at radius 2 is 2.40 bits per heavy atom. The molecule has 0 aliphatic carbocycles. The number of halogens is 2. The van der Waals surface area contributed by atoms with Crippen molar-refractivity contribution in [2.45, 2.75) is 5.38 Å². The van der Waals surface area contributed by atoms with Crippen molar-refractivity contribution in [2.75, 3.05) is 12.4 Å². The van der Waals surface area contributed by atoms with Crippen LogP contribution in [0.2, 0.25) is 5.02 Å². The van der Waals surface area contributed by atoms with Crippen LogP contribution in [0.3, 0.4) is 0 Å². The Balaban J connectivity index is 2.10. The molecule has 0 aromatic carbocycles. The van der Waals surface area contributed by atoms with Crippen LogP contribution in [0, 0.1) is 5.38 Å². The zero-order valence-electron chi connectivity index (χ0n) is 7.75. The van der Waals surface area contributed by atoms with Gasteiger partial charge in [0, 0.05) is 12.4 Å². The molecule has 0 saturated heterocycles. The highest BCUT2D eigenvalue weighted by atomic mass is 35.5. The summed E-state index contributed by atoms with van der Waals surface area (Å²) < 4.78 is 0. The van der Waals surface area contributed by atoms with Gasteiger partial charge in [0.05, 0.1) is 26.2 Å². The molecule has 1 radical (unpaired) electrons. The van der Waals surface area contributed by atoms with Crippen LogP contribution < -0.4 is 5.32 Å². The summed E-state index contributed by atoms with van der Waals surface area (Å²) in [6, 6.07) is 0. The van der Waals surface area contributed by atoms with Gasteiger partial charge in [-0.15, -0.1) is 22.9 Å². The molecule has 0 fully saturated rings. The molecule has 1 atom stereocenters. The molecule has 1 aliphatic heterocycles. The summed E-state index contributed by atoms with van der Waals surface area (Å²) in [5, 5.41) is 10.4. The van der Waals surface area contributed by atoms with Gasteiger partial charge in [-0.25, -0.2) is 0 Å². The van der Waals surface area contributed by atoms with Crippen LogP contribution in [0.25, 0.3) is 0 Å². The molecule has 1 aromatic heterocycles. The Morgan fingerprint density at radius 1 is 1.60 bits per heavy atom. The van der Waals surface area contributed by atoms with Crippen molar-refractivity contribution in [1.82, 2.24) is 0 Å². The summed E-state index contributed by atoms with van der Waals surface area (Å²) in [4.78, 5) is 4.09. The van der Waals surface area contributed by atoms with Gasteiger partial charge in [0.15, 0.2) is 0 Å². The van der Waals surface area contributed by atoms with Crippen molar-refractivity contribution in [2.24, 2.45) is 4.99 Å². The SMILES string of the molecule is CN=C1SC(Nc2[c]scc2Cl)=CC1Cl. The fraction of sp³-hybridized carbons (Fsp3) is 0.222. The van der Waals surface area contributed by atoms with Crippen LogP contribution in [0.1, 0.15) is 0 Å². The summed E-state index contributed by atoms with van der Waals surface area (Å²) >= 11 is 14.9. The standard InChI is InChI=1S/C9H7Cl2N2S2/c1-12-9-5(10)2-8(15-9)13-7-4-14-3-6(7)11/h2-3,5,13H,1H3. The van der Waals surface area contributed by atoms with Gasteiger partial charge >= 0.3 is 0 Å². The number of aliphatic imine (C=N–C) groups is 1. The maximum Gasteiger partial charge on any atom is 0.103 e. The zero-order valence-corrected chi connectivity index (χ0v) is 10.9. The lowest BCUT2D eigenvalue weighted by atomic mass is 10.4. The minimum absolute atomic E-state index is 0.139. The summed E-state index contributed by atoms with van der Waals surface area (Å²) in [7, 11) is 1.73. The fourth-order valence-electron chi connectivity index (χ4n) is 1.10. The first kappa shape index (κ1) is 11.3. The second kappa shape index (κ2) is 4.78. The Kier molecular flexibility index (Phi) is 3.61. The normalized spacial score (nSPS) is 23.3. The van der Waals surface area contributed by atoms with Crippen LogP contribution in [-0.4, -0.2) is 17.5 Å². The monoisotopic (exact) mass is 277 g/mol. The minimum atomic E-state index is -0.139. The quantitative estimate of drug-likeness (QED) is 0.831. The number of anilines is 1. The van der Waals surface area contributed by atoms with E-state index in [0.29, 0.717) is 5.02 Å². The van der Waals surface area contributed by atoms with E-state index >= 15 is 0 Å². The van der Waals surface area contributed by atoms with Crippen LogP contribution >= 0.6 is 46.3 Å². The molecule has 1 N–H and O–H groups in total. The third kappa shape index (κ3) is 2.50. The highest BCUT2D eigenvalue weighted by molar-refractivity contribution is 8.18. The topological polar surface area (TPSA) is 24.4 Å². The predicted molar refractivity (Wildman–Crippen MR) is 70.5 cm³/mol. The Labute approximate surface area is 106 Å². The molecule has 0 saturated carbocycles. The molecule has 15 heavy (non-hydrogen) atoms. The minimum Gasteiger partial charge on any atom is -0.348 e. The lowest BCUT2D eigenvalue weighted by Gasteiger charge is -2.03. The Morgan fingerprint density at radius 3 is 2.93 bits per heavy atom. The maximum absolute atomic E-state index is 6.04. The molecular formula is C9H7Cl2N2S2. The molecule has 0 spiro atoms. The van der Waals surface area contributed by atoms with Crippen molar-refractivity contribution in [1.29, 1.82) is 0 Å². The number of thioether (sulfide) groups is 1. The van der Waals surface area contributed by atoms with E-state index in [1.54, 1.807) is 7.05 Å². The van der Waals surface area contributed by atoms with Gasteiger partial charge < -0.3 is 5.32 Å². The Bertz CT molecular complexity index is 426. The predicted octanol–water partition coefficient (Wildman–Crippen LogP) is 3.84. The molecule has 79 valence electrons. The van der Waals surface area contributed by atoms with Crippen molar-refractivity contribution in [3.8, 4) is 0 Å².